The van der Waals surface area contributed by atoms with Gasteiger partial charge >= 0.3 is 5.97 Å². The summed E-state index contributed by atoms with van der Waals surface area (Å²) in [6, 6.07) is 6.23. The average Bonchev–Trinajstić information content (AvgIpc) is 2.56. The summed E-state index contributed by atoms with van der Waals surface area (Å²) >= 11 is 0. The number of nitrogens with zero attached hydrogens (tertiary/aromatic N) is 2. The number of aliphatic carboxylic acids is 1. The Labute approximate surface area is 106 Å². The van der Waals surface area contributed by atoms with Crippen LogP contribution in [0.25, 0.3) is 5.69 Å². The Morgan fingerprint density at radius 2 is 1.83 bits per heavy atom. The van der Waals surface area contributed by atoms with Gasteiger partial charge in [0.15, 0.2) is 0 Å². The molecule has 4 heteroatoms. The Kier molecular flexibility index (Phi) is 3.19. The summed E-state index contributed by atoms with van der Waals surface area (Å²) in [6.07, 6.45) is 1.75. The van der Waals surface area contributed by atoms with Crippen LogP contribution in [0, 0.1) is 20.8 Å². The number of benzene rings is 1. The van der Waals surface area contributed by atoms with Crippen LogP contribution in [-0.4, -0.2) is 20.6 Å². The molecular formula is C14H16N2O2. The monoisotopic (exact) mass is 244 g/mol. The summed E-state index contributed by atoms with van der Waals surface area (Å²) < 4.78 is 1.93. The van der Waals surface area contributed by atoms with Gasteiger partial charge in [0, 0.05) is 11.9 Å². The van der Waals surface area contributed by atoms with Crippen LogP contribution >= 0.6 is 0 Å². The zero-order chi connectivity index (χ0) is 13.3. The number of hydrogen-bond acceptors (Lipinski definition) is 2. The van der Waals surface area contributed by atoms with E-state index in [0.29, 0.717) is 5.69 Å². The summed E-state index contributed by atoms with van der Waals surface area (Å²) in [5.74, 6) is -0.0590. The number of aryl methyl sites for hydroxylation is 3. The molecule has 1 N–H and O–H groups in total. The van der Waals surface area contributed by atoms with Crippen molar-refractivity contribution in [3.8, 4) is 5.69 Å². The quantitative estimate of drug-likeness (QED) is 0.902. The molecule has 1 aromatic heterocycles. The maximum absolute atomic E-state index is 10.7. The second-order valence-electron chi connectivity index (χ2n) is 4.57. The molecule has 1 aromatic carbocycles. The molecule has 94 valence electrons. The lowest BCUT2D eigenvalue weighted by Gasteiger charge is -2.07. The van der Waals surface area contributed by atoms with Gasteiger partial charge in [0.25, 0.3) is 0 Å². The first-order valence-corrected chi connectivity index (χ1v) is 5.81. The van der Waals surface area contributed by atoms with Gasteiger partial charge in [-0.15, -0.1) is 0 Å². The molecule has 0 saturated carbocycles. The van der Waals surface area contributed by atoms with Crippen LogP contribution in [0.1, 0.15) is 22.6 Å². The van der Waals surface area contributed by atoms with Crippen molar-refractivity contribution in [3.05, 3.63) is 47.0 Å². The third-order valence-corrected chi connectivity index (χ3v) is 2.75. The van der Waals surface area contributed by atoms with E-state index in [9.17, 15) is 4.79 Å². The highest BCUT2D eigenvalue weighted by atomic mass is 16.4. The van der Waals surface area contributed by atoms with Crippen LogP contribution in [0.2, 0.25) is 0 Å². The van der Waals surface area contributed by atoms with Crippen molar-refractivity contribution in [2.75, 3.05) is 0 Å². The highest BCUT2D eigenvalue weighted by molar-refractivity contribution is 5.69. The molecule has 18 heavy (non-hydrogen) atoms. The normalized spacial score (nSPS) is 10.6. The van der Waals surface area contributed by atoms with E-state index in [0.717, 1.165) is 11.5 Å². The van der Waals surface area contributed by atoms with Crippen molar-refractivity contribution in [1.82, 2.24) is 9.55 Å². The van der Waals surface area contributed by atoms with Crippen LogP contribution in [0.4, 0.5) is 0 Å². The van der Waals surface area contributed by atoms with Crippen LogP contribution in [0.5, 0.6) is 0 Å². The van der Waals surface area contributed by atoms with Crippen molar-refractivity contribution >= 4 is 5.97 Å². The van der Waals surface area contributed by atoms with E-state index < -0.39 is 5.97 Å². The maximum atomic E-state index is 10.7. The summed E-state index contributed by atoms with van der Waals surface area (Å²) in [5.41, 5.74) is 3.96. The summed E-state index contributed by atoms with van der Waals surface area (Å²) in [4.78, 5) is 15.0. The van der Waals surface area contributed by atoms with Gasteiger partial charge in [-0.05, 0) is 44.0 Å². The van der Waals surface area contributed by atoms with Crippen molar-refractivity contribution < 1.29 is 9.90 Å². The molecule has 0 bridgehead atoms. The second-order valence-corrected chi connectivity index (χ2v) is 4.57. The molecule has 0 aliphatic rings. The van der Waals surface area contributed by atoms with Gasteiger partial charge < -0.3 is 9.67 Å². The highest BCUT2D eigenvalue weighted by Crippen LogP contribution is 2.16. The molecule has 4 nitrogen and oxygen atoms in total. The van der Waals surface area contributed by atoms with E-state index in [4.69, 9.17) is 5.11 Å². The lowest BCUT2D eigenvalue weighted by atomic mass is 10.1. The second kappa shape index (κ2) is 4.64. The molecule has 2 aromatic rings. The van der Waals surface area contributed by atoms with Gasteiger partial charge in [-0.1, -0.05) is 6.07 Å². The minimum absolute atomic E-state index is 0.0430. The molecule has 0 saturated heterocycles. The van der Waals surface area contributed by atoms with Gasteiger partial charge in [0.2, 0.25) is 0 Å². The van der Waals surface area contributed by atoms with Crippen LogP contribution < -0.4 is 0 Å². The SMILES string of the molecule is Cc1cc(C)cc(-n2cc(CC(=O)O)nc2C)c1. The fourth-order valence-corrected chi connectivity index (χ4v) is 2.12. The van der Waals surface area contributed by atoms with E-state index in [-0.39, 0.29) is 6.42 Å². The number of carbonyl (C=O) groups is 1. The predicted molar refractivity (Wildman–Crippen MR) is 69.1 cm³/mol. The molecule has 0 aliphatic carbocycles. The Bertz CT molecular complexity index is 580. The van der Waals surface area contributed by atoms with E-state index in [1.165, 1.54) is 11.1 Å². The topological polar surface area (TPSA) is 55.1 Å². The van der Waals surface area contributed by atoms with Gasteiger partial charge in [0.1, 0.15) is 5.82 Å². The predicted octanol–water partition coefficient (Wildman–Crippen LogP) is 2.42. The maximum Gasteiger partial charge on any atom is 0.309 e. The minimum Gasteiger partial charge on any atom is -0.481 e. The van der Waals surface area contributed by atoms with Crippen LogP contribution in [0.3, 0.4) is 0 Å². The van der Waals surface area contributed by atoms with Gasteiger partial charge in [-0.3, -0.25) is 4.79 Å². The molecule has 2 rings (SSSR count). The molecule has 0 spiro atoms. The zero-order valence-corrected chi connectivity index (χ0v) is 10.8. The van der Waals surface area contributed by atoms with Gasteiger partial charge in [0.05, 0.1) is 12.1 Å². The molecule has 0 unspecified atom stereocenters. The fourth-order valence-electron chi connectivity index (χ4n) is 2.12. The lowest BCUT2D eigenvalue weighted by Crippen LogP contribution is -2.00. The molecule has 0 atom stereocenters. The first kappa shape index (κ1) is 12.4. The fraction of sp³-hybridized carbons (Fsp3) is 0.286. The summed E-state index contributed by atoms with van der Waals surface area (Å²) in [7, 11) is 0. The zero-order valence-electron chi connectivity index (χ0n) is 10.8. The van der Waals surface area contributed by atoms with Crippen LogP contribution in [0.15, 0.2) is 24.4 Å². The minimum atomic E-state index is -0.861. The van der Waals surface area contributed by atoms with E-state index >= 15 is 0 Å². The summed E-state index contributed by atoms with van der Waals surface area (Å²) in [6.45, 7) is 5.96. The number of hydrogen-bond donors (Lipinski definition) is 1. The molecule has 0 aliphatic heterocycles. The molecule has 0 amide bonds. The first-order chi connectivity index (χ1) is 8.45. The molecule has 0 radical (unpaired) electrons. The van der Waals surface area contributed by atoms with Gasteiger partial charge in [-0.2, -0.15) is 0 Å². The summed E-state index contributed by atoms with van der Waals surface area (Å²) in [5, 5.41) is 8.78. The Balaban J connectivity index is 2.44. The van der Waals surface area contributed by atoms with Crippen molar-refractivity contribution in [2.24, 2.45) is 0 Å². The number of carboxylic acids is 1. The molecule has 0 fully saturated rings. The van der Waals surface area contributed by atoms with Crippen molar-refractivity contribution in [3.63, 3.8) is 0 Å². The number of rotatable bonds is 3. The largest absolute Gasteiger partial charge is 0.481 e. The van der Waals surface area contributed by atoms with Crippen molar-refractivity contribution in [2.45, 2.75) is 27.2 Å². The van der Waals surface area contributed by atoms with E-state index in [1.807, 2.05) is 25.3 Å². The average molecular weight is 244 g/mol. The standard InChI is InChI=1S/C14H16N2O2/c1-9-4-10(2)6-13(5-9)16-8-12(7-14(17)18)15-11(16)3/h4-6,8H,7H2,1-3H3,(H,17,18). The Morgan fingerprint density at radius 3 is 2.39 bits per heavy atom. The Morgan fingerprint density at radius 1 is 1.22 bits per heavy atom. The third kappa shape index (κ3) is 2.59. The number of aromatic nitrogens is 2. The molecular weight excluding hydrogens is 228 g/mol. The number of imidazole rings is 1. The third-order valence-electron chi connectivity index (χ3n) is 2.75. The Hall–Kier alpha value is -2.10. The van der Waals surface area contributed by atoms with Gasteiger partial charge in [-0.25, -0.2) is 4.98 Å². The van der Waals surface area contributed by atoms with Crippen molar-refractivity contribution in [1.29, 1.82) is 0 Å². The van der Waals surface area contributed by atoms with E-state index in [2.05, 4.69) is 23.2 Å². The van der Waals surface area contributed by atoms with E-state index in [1.54, 1.807) is 6.20 Å². The number of carboxylic acid groups (broad SMARTS) is 1. The smallest absolute Gasteiger partial charge is 0.309 e. The lowest BCUT2D eigenvalue weighted by molar-refractivity contribution is -0.136. The molecule has 1 heterocycles. The van der Waals surface area contributed by atoms with Crippen LogP contribution in [-0.2, 0) is 11.2 Å². The first-order valence-electron chi connectivity index (χ1n) is 5.81. The highest BCUT2D eigenvalue weighted by Gasteiger charge is 2.09.